The van der Waals surface area contributed by atoms with E-state index in [-0.39, 0.29) is 0 Å². The van der Waals surface area contributed by atoms with E-state index in [0.717, 1.165) is 25.6 Å². The Morgan fingerprint density at radius 3 is 2.27 bits per heavy atom. The van der Waals surface area contributed by atoms with Crippen LogP contribution in [0.4, 0.5) is 0 Å². The predicted molar refractivity (Wildman–Crippen MR) is 81.0 cm³/mol. The van der Waals surface area contributed by atoms with Gasteiger partial charge < -0.3 is 4.74 Å². The van der Waals surface area contributed by atoms with Crippen LogP contribution in [0.15, 0.2) is 25.6 Å². The quantitative estimate of drug-likeness (QED) is 0.334. The maximum atomic E-state index is 5.75. The van der Waals surface area contributed by atoms with Crippen LogP contribution in [0.2, 0.25) is 0 Å². The highest BCUT2D eigenvalue weighted by atomic mass is 79.9. The summed E-state index contributed by atoms with van der Waals surface area (Å²) < 4.78 is 8.03. The number of halogens is 5. The average molecular weight is 531 g/mol. The lowest BCUT2D eigenvalue weighted by atomic mass is 10.3. The molecule has 0 radical (unpaired) electrons. The van der Waals surface area contributed by atoms with Crippen molar-refractivity contribution in [1.82, 2.24) is 0 Å². The van der Waals surface area contributed by atoms with Crippen molar-refractivity contribution in [2.45, 2.75) is 16.8 Å². The summed E-state index contributed by atoms with van der Waals surface area (Å²) in [4.78, 5) is 0. The lowest BCUT2D eigenvalue weighted by Crippen LogP contribution is -2.18. The minimum absolute atomic E-state index is 0.518. The second-order valence-electron chi connectivity index (χ2n) is 2.77. The molecule has 0 saturated carbocycles. The van der Waals surface area contributed by atoms with Gasteiger partial charge in [0.05, 0.1) is 4.47 Å². The molecule has 15 heavy (non-hydrogen) atoms. The molecule has 0 aliphatic heterocycles. The molecular formula is C9H7Br5O. The summed E-state index contributed by atoms with van der Waals surface area (Å²) in [6, 6.07) is 3.82. The molecule has 0 fully saturated rings. The van der Waals surface area contributed by atoms with E-state index in [1.807, 2.05) is 19.1 Å². The summed E-state index contributed by atoms with van der Waals surface area (Å²) in [6.45, 7) is 2.02. The van der Waals surface area contributed by atoms with Gasteiger partial charge in [-0.05, 0) is 91.8 Å². The first-order valence-corrected chi connectivity index (χ1v) is 8.04. The molecule has 0 bridgehead atoms. The van der Waals surface area contributed by atoms with Crippen LogP contribution in [-0.2, 0) is 0 Å². The van der Waals surface area contributed by atoms with Crippen LogP contribution < -0.4 is 4.74 Å². The lowest BCUT2D eigenvalue weighted by Gasteiger charge is -2.22. The molecule has 1 rings (SSSR count). The number of benzene rings is 1. The van der Waals surface area contributed by atoms with Gasteiger partial charge >= 0.3 is 0 Å². The molecule has 0 unspecified atom stereocenters. The molecule has 0 aliphatic carbocycles. The van der Waals surface area contributed by atoms with E-state index in [4.69, 9.17) is 4.74 Å². The predicted octanol–water partition coefficient (Wildman–Crippen LogP) is 6.21. The first kappa shape index (κ1) is 14.5. The maximum Gasteiger partial charge on any atom is 0.217 e. The number of hydrogen-bond donors (Lipinski definition) is 0. The van der Waals surface area contributed by atoms with Crippen molar-refractivity contribution in [3.63, 3.8) is 0 Å². The van der Waals surface area contributed by atoms with Gasteiger partial charge in [-0.25, -0.2) is 0 Å². The van der Waals surface area contributed by atoms with E-state index in [0.29, 0.717) is 0 Å². The molecule has 1 nitrogen and oxygen atoms in total. The molecule has 0 heterocycles. The second-order valence-corrected chi connectivity index (χ2v) is 8.83. The SMILES string of the molecule is CCC(Br)(Br)Oc1ccc(Br)c(Br)c1Br. The highest BCUT2D eigenvalue weighted by Crippen LogP contribution is 2.42. The van der Waals surface area contributed by atoms with Crippen molar-refractivity contribution >= 4 is 79.6 Å². The number of alkyl halides is 2. The van der Waals surface area contributed by atoms with Crippen molar-refractivity contribution in [1.29, 1.82) is 0 Å². The molecular weight excluding hydrogens is 524 g/mol. The molecule has 84 valence electrons. The smallest absolute Gasteiger partial charge is 0.217 e. The van der Waals surface area contributed by atoms with E-state index in [9.17, 15) is 0 Å². The average Bonchev–Trinajstić information content (AvgIpc) is 2.19. The normalized spacial score (nSPS) is 11.6. The van der Waals surface area contributed by atoms with Crippen LogP contribution >= 0.6 is 79.6 Å². The zero-order valence-electron chi connectivity index (χ0n) is 7.66. The fourth-order valence-electron chi connectivity index (χ4n) is 0.820. The summed E-state index contributed by atoms with van der Waals surface area (Å²) in [5, 5.41) is 0. The molecule has 0 saturated heterocycles. The van der Waals surface area contributed by atoms with Gasteiger partial charge in [0.2, 0.25) is 3.42 Å². The van der Waals surface area contributed by atoms with Crippen LogP contribution in [0.1, 0.15) is 13.3 Å². The molecule has 6 heteroatoms. The Hall–Kier alpha value is 1.42. The van der Waals surface area contributed by atoms with Gasteiger partial charge in [0.1, 0.15) is 5.75 Å². The zero-order chi connectivity index (χ0) is 11.6. The first-order valence-electron chi connectivity index (χ1n) is 4.07. The highest BCUT2D eigenvalue weighted by Gasteiger charge is 2.23. The minimum atomic E-state index is -0.518. The molecule has 0 aliphatic rings. The Morgan fingerprint density at radius 2 is 1.73 bits per heavy atom. The summed E-state index contributed by atoms with van der Waals surface area (Å²) in [5.74, 6) is 0.765. The molecule has 0 atom stereocenters. The van der Waals surface area contributed by atoms with Crippen molar-refractivity contribution in [2.75, 3.05) is 0 Å². The van der Waals surface area contributed by atoms with Gasteiger partial charge in [-0.3, -0.25) is 0 Å². The fourth-order valence-corrected chi connectivity index (χ4v) is 2.52. The summed E-state index contributed by atoms with van der Waals surface area (Å²) in [5.41, 5.74) is 0. The minimum Gasteiger partial charge on any atom is -0.465 e. The van der Waals surface area contributed by atoms with E-state index in [1.54, 1.807) is 0 Å². The van der Waals surface area contributed by atoms with Crippen molar-refractivity contribution in [3.05, 3.63) is 25.6 Å². The van der Waals surface area contributed by atoms with E-state index >= 15 is 0 Å². The standard InChI is InChI=1S/C9H7Br5O/c1-2-9(13,14)15-6-4-3-5(10)7(11)8(6)12/h3-4H,2H2,1H3. The zero-order valence-corrected chi connectivity index (χ0v) is 15.6. The molecule has 1 aromatic rings. The van der Waals surface area contributed by atoms with Gasteiger partial charge in [-0.2, -0.15) is 0 Å². The first-order chi connectivity index (χ1) is 6.87. The number of rotatable bonds is 3. The Kier molecular flexibility index (Phi) is 5.64. The van der Waals surface area contributed by atoms with E-state index in [1.165, 1.54) is 0 Å². The Balaban J connectivity index is 3.02. The second kappa shape index (κ2) is 5.85. The van der Waals surface area contributed by atoms with Gasteiger partial charge in [-0.1, -0.05) is 6.92 Å². The Labute approximate surface area is 131 Å². The third-order valence-corrected chi connectivity index (χ3v) is 6.45. The van der Waals surface area contributed by atoms with E-state index < -0.39 is 3.42 Å². The van der Waals surface area contributed by atoms with Gasteiger partial charge in [-0.15, -0.1) is 0 Å². The summed E-state index contributed by atoms with van der Waals surface area (Å²) in [6.07, 6.45) is 0.799. The van der Waals surface area contributed by atoms with Gasteiger partial charge in [0.25, 0.3) is 0 Å². The largest absolute Gasteiger partial charge is 0.465 e. The Bertz CT molecular complexity index is 364. The maximum absolute atomic E-state index is 5.75. The van der Waals surface area contributed by atoms with Crippen LogP contribution in [-0.4, -0.2) is 3.42 Å². The molecule has 0 amide bonds. The van der Waals surface area contributed by atoms with Crippen molar-refractivity contribution in [3.8, 4) is 5.75 Å². The van der Waals surface area contributed by atoms with Crippen LogP contribution in [0.3, 0.4) is 0 Å². The van der Waals surface area contributed by atoms with Crippen LogP contribution in [0, 0.1) is 0 Å². The van der Waals surface area contributed by atoms with Gasteiger partial charge in [0, 0.05) is 15.4 Å². The summed E-state index contributed by atoms with van der Waals surface area (Å²) >= 11 is 17.2. The van der Waals surface area contributed by atoms with Crippen LogP contribution in [0.5, 0.6) is 5.75 Å². The third kappa shape index (κ3) is 3.98. The monoisotopic (exact) mass is 526 g/mol. The Morgan fingerprint density at radius 1 is 1.13 bits per heavy atom. The lowest BCUT2D eigenvalue weighted by molar-refractivity contribution is 0.264. The fraction of sp³-hybridized carbons (Fsp3) is 0.333. The topological polar surface area (TPSA) is 9.23 Å². The van der Waals surface area contributed by atoms with Gasteiger partial charge in [0.15, 0.2) is 0 Å². The summed E-state index contributed by atoms with van der Waals surface area (Å²) in [7, 11) is 0. The molecule has 0 spiro atoms. The van der Waals surface area contributed by atoms with Crippen molar-refractivity contribution < 1.29 is 4.74 Å². The van der Waals surface area contributed by atoms with Crippen molar-refractivity contribution in [2.24, 2.45) is 0 Å². The third-order valence-electron chi connectivity index (χ3n) is 1.67. The number of hydrogen-bond acceptors (Lipinski definition) is 1. The van der Waals surface area contributed by atoms with Crippen LogP contribution in [0.25, 0.3) is 0 Å². The number of ether oxygens (including phenoxy) is 1. The van der Waals surface area contributed by atoms with E-state index in [2.05, 4.69) is 79.6 Å². The molecule has 1 aromatic carbocycles. The molecule has 0 aromatic heterocycles. The highest BCUT2D eigenvalue weighted by molar-refractivity contribution is 9.25. The molecule has 0 N–H and O–H groups in total.